The summed E-state index contributed by atoms with van der Waals surface area (Å²) in [7, 11) is 0. The molecule has 1 aliphatic rings. The minimum absolute atomic E-state index is 0.168. The molecule has 2 N–H and O–H groups in total. The second kappa shape index (κ2) is 10.6. The molecule has 180 valence electrons. The summed E-state index contributed by atoms with van der Waals surface area (Å²) in [6.07, 6.45) is -1.44. The summed E-state index contributed by atoms with van der Waals surface area (Å²) in [6.45, 7) is 4.31. The molecule has 35 heavy (non-hydrogen) atoms. The van der Waals surface area contributed by atoms with Crippen LogP contribution in [0.15, 0.2) is 72.8 Å². The first-order valence-electron chi connectivity index (χ1n) is 11.3. The van der Waals surface area contributed by atoms with Crippen LogP contribution in [0.1, 0.15) is 40.1 Å². The van der Waals surface area contributed by atoms with Crippen molar-refractivity contribution in [3.05, 3.63) is 100 Å². The average Bonchev–Trinajstić information content (AvgIpc) is 3.15. The number of cyclic esters (lactones) is 1. The molecular weight excluding hydrogens is 466 g/mol. The number of rotatable bonds is 7. The molecule has 0 aromatic heterocycles. The molecule has 0 unspecified atom stereocenters. The smallest absolute Gasteiger partial charge is 0.411 e. The van der Waals surface area contributed by atoms with Crippen LogP contribution in [0.5, 0.6) is 0 Å². The number of hydrogen-bond donors (Lipinski definition) is 2. The van der Waals surface area contributed by atoms with Crippen LogP contribution in [0.2, 0.25) is 5.02 Å². The Bertz CT molecular complexity index is 1260. The van der Waals surface area contributed by atoms with Gasteiger partial charge in [0.25, 0.3) is 5.91 Å². The fourth-order valence-corrected chi connectivity index (χ4v) is 4.32. The quantitative estimate of drug-likeness (QED) is 0.481. The van der Waals surface area contributed by atoms with Gasteiger partial charge >= 0.3 is 6.09 Å². The number of ether oxygens (including phenoxy) is 1. The maximum absolute atomic E-state index is 13.0. The fraction of sp³-hybridized carbons (Fsp3) is 0.222. The number of carbonyl (C=O) groups excluding carboxylic acids is 3. The van der Waals surface area contributed by atoms with Gasteiger partial charge < -0.3 is 15.4 Å². The maximum atomic E-state index is 13.0. The number of nitrogens with zero attached hydrogens (tertiary/aromatic N) is 1. The van der Waals surface area contributed by atoms with Crippen LogP contribution in [-0.2, 0) is 16.1 Å². The molecule has 2 atom stereocenters. The first-order valence-corrected chi connectivity index (χ1v) is 11.7. The Balaban J connectivity index is 1.60. The molecule has 0 bridgehead atoms. The third-order valence-corrected chi connectivity index (χ3v) is 5.93. The van der Waals surface area contributed by atoms with Crippen molar-refractivity contribution in [2.24, 2.45) is 0 Å². The number of amides is 3. The van der Waals surface area contributed by atoms with E-state index in [1.807, 2.05) is 32.0 Å². The molecule has 0 spiro atoms. The highest BCUT2D eigenvalue weighted by atomic mass is 35.5. The molecule has 7 nitrogen and oxygen atoms in total. The van der Waals surface area contributed by atoms with E-state index in [1.165, 1.54) is 4.90 Å². The lowest BCUT2D eigenvalue weighted by molar-refractivity contribution is -0.126. The largest absolute Gasteiger partial charge is 0.438 e. The van der Waals surface area contributed by atoms with E-state index in [0.717, 1.165) is 11.1 Å². The molecule has 0 aliphatic carbocycles. The first kappa shape index (κ1) is 24.3. The highest BCUT2D eigenvalue weighted by Crippen LogP contribution is 2.35. The standard InChI is InChI=1S/C27H26ClN3O4/c1-3-29-26(33)23-24(35-27(34)31(23)16-18-8-5-11-21(28)14-18)19-9-6-12-22(15-19)30-25(32)20-10-4-7-17(2)13-20/h4-15,23-24H,3,16H2,1-2H3,(H,29,33)(H,30,32)/t23-,24+/m1/s1. The van der Waals surface area contributed by atoms with Crippen molar-refractivity contribution in [1.29, 1.82) is 0 Å². The van der Waals surface area contributed by atoms with Crippen LogP contribution in [0.4, 0.5) is 10.5 Å². The van der Waals surface area contributed by atoms with E-state index in [2.05, 4.69) is 10.6 Å². The van der Waals surface area contributed by atoms with E-state index in [1.54, 1.807) is 54.6 Å². The number of carbonyl (C=O) groups is 3. The van der Waals surface area contributed by atoms with E-state index in [0.29, 0.717) is 28.4 Å². The Kier molecular flexibility index (Phi) is 7.36. The number of hydrogen-bond acceptors (Lipinski definition) is 4. The summed E-state index contributed by atoms with van der Waals surface area (Å²) in [5, 5.41) is 6.22. The van der Waals surface area contributed by atoms with E-state index >= 15 is 0 Å². The molecule has 1 aliphatic heterocycles. The average molecular weight is 492 g/mol. The summed E-state index contributed by atoms with van der Waals surface area (Å²) in [4.78, 5) is 40.0. The highest BCUT2D eigenvalue weighted by molar-refractivity contribution is 6.30. The van der Waals surface area contributed by atoms with Gasteiger partial charge in [-0.2, -0.15) is 0 Å². The van der Waals surface area contributed by atoms with E-state index in [4.69, 9.17) is 16.3 Å². The van der Waals surface area contributed by atoms with Gasteiger partial charge in [0.05, 0.1) is 6.54 Å². The topological polar surface area (TPSA) is 87.7 Å². The van der Waals surface area contributed by atoms with E-state index < -0.39 is 18.2 Å². The predicted octanol–water partition coefficient (Wildman–Crippen LogP) is 5.10. The number of benzene rings is 3. The van der Waals surface area contributed by atoms with Gasteiger partial charge in [0.1, 0.15) is 0 Å². The summed E-state index contributed by atoms with van der Waals surface area (Å²) in [5.41, 5.74) is 3.44. The Morgan fingerprint density at radius 1 is 1.03 bits per heavy atom. The molecule has 3 amide bonds. The van der Waals surface area contributed by atoms with Gasteiger partial charge in [-0.15, -0.1) is 0 Å². The Morgan fingerprint density at radius 3 is 2.54 bits per heavy atom. The fourth-order valence-electron chi connectivity index (χ4n) is 4.10. The van der Waals surface area contributed by atoms with Crippen molar-refractivity contribution >= 4 is 35.2 Å². The first-order chi connectivity index (χ1) is 16.9. The summed E-state index contributed by atoms with van der Waals surface area (Å²) in [6, 6.07) is 20.5. The number of halogens is 1. The highest BCUT2D eigenvalue weighted by Gasteiger charge is 2.46. The second-order valence-electron chi connectivity index (χ2n) is 8.35. The normalized spacial score (nSPS) is 17.1. The van der Waals surface area contributed by atoms with Crippen molar-refractivity contribution in [1.82, 2.24) is 10.2 Å². The minimum atomic E-state index is -0.885. The van der Waals surface area contributed by atoms with Crippen molar-refractivity contribution < 1.29 is 19.1 Å². The summed E-state index contributed by atoms with van der Waals surface area (Å²) in [5.74, 6) is -0.572. The molecule has 1 saturated heterocycles. The van der Waals surface area contributed by atoms with Crippen molar-refractivity contribution in [3.8, 4) is 0 Å². The molecule has 0 radical (unpaired) electrons. The predicted molar refractivity (Wildman–Crippen MR) is 134 cm³/mol. The zero-order valence-corrected chi connectivity index (χ0v) is 20.2. The molecule has 3 aromatic rings. The van der Waals surface area contributed by atoms with Crippen LogP contribution < -0.4 is 10.6 Å². The number of nitrogens with one attached hydrogen (secondary N) is 2. The zero-order chi connectivity index (χ0) is 24.9. The lowest BCUT2D eigenvalue weighted by Crippen LogP contribution is -2.46. The Labute approximate surface area is 209 Å². The zero-order valence-electron chi connectivity index (χ0n) is 19.5. The van der Waals surface area contributed by atoms with Gasteiger partial charge in [-0.1, -0.05) is 53.6 Å². The van der Waals surface area contributed by atoms with E-state index in [-0.39, 0.29) is 18.4 Å². The van der Waals surface area contributed by atoms with Gasteiger partial charge in [0, 0.05) is 22.8 Å². The number of likely N-dealkylation sites (N-methyl/N-ethyl adjacent to an activating group) is 1. The lowest BCUT2D eigenvalue weighted by atomic mass is 10.00. The van der Waals surface area contributed by atoms with Gasteiger partial charge in [-0.05, 0) is 61.4 Å². The second-order valence-corrected chi connectivity index (χ2v) is 8.79. The third-order valence-electron chi connectivity index (χ3n) is 5.70. The molecule has 3 aromatic carbocycles. The number of aryl methyl sites for hydroxylation is 1. The van der Waals surface area contributed by atoms with Crippen molar-refractivity contribution in [2.75, 3.05) is 11.9 Å². The SMILES string of the molecule is CCNC(=O)[C@H]1[C@H](c2cccc(NC(=O)c3cccc(C)c3)c2)OC(=O)N1Cc1cccc(Cl)c1. The lowest BCUT2D eigenvalue weighted by Gasteiger charge is -2.24. The van der Waals surface area contributed by atoms with Crippen LogP contribution in [-0.4, -0.2) is 35.4 Å². The van der Waals surface area contributed by atoms with E-state index in [9.17, 15) is 14.4 Å². The van der Waals surface area contributed by atoms with Crippen LogP contribution in [0.3, 0.4) is 0 Å². The number of anilines is 1. The molecule has 8 heteroatoms. The molecule has 1 heterocycles. The summed E-state index contributed by atoms with van der Waals surface area (Å²) < 4.78 is 5.68. The maximum Gasteiger partial charge on any atom is 0.411 e. The van der Waals surface area contributed by atoms with Crippen LogP contribution in [0.25, 0.3) is 0 Å². The van der Waals surface area contributed by atoms with Gasteiger partial charge in [0.2, 0.25) is 5.91 Å². The Morgan fingerprint density at radius 2 is 1.80 bits per heavy atom. The molecule has 0 saturated carbocycles. The van der Waals surface area contributed by atoms with Gasteiger partial charge in [-0.3, -0.25) is 14.5 Å². The van der Waals surface area contributed by atoms with Crippen LogP contribution >= 0.6 is 11.6 Å². The molecule has 1 fully saturated rings. The monoisotopic (exact) mass is 491 g/mol. The van der Waals surface area contributed by atoms with Crippen molar-refractivity contribution in [3.63, 3.8) is 0 Å². The summed E-state index contributed by atoms with van der Waals surface area (Å²) >= 11 is 6.10. The molecular formula is C27H26ClN3O4. The van der Waals surface area contributed by atoms with Crippen molar-refractivity contribution in [2.45, 2.75) is 32.5 Å². The Hall–Kier alpha value is -3.84. The minimum Gasteiger partial charge on any atom is -0.438 e. The molecule has 4 rings (SSSR count). The van der Waals surface area contributed by atoms with Gasteiger partial charge in [0.15, 0.2) is 12.1 Å². The van der Waals surface area contributed by atoms with Crippen LogP contribution in [0, 0.1) is 6.92 Å². The third kappa shape index (κ3) is 5.63. The van der Waals surface area contributed by atoms with Gasteiger partial charge in [-0.25, -0.2) is 4.79 Å².